The van der Waals surface area contributed by atoms with Crippen LogP contribution in [0.4, 0.5) is 0 Å². The second kappa shape index (κ2) is 4.28. The van der Waals surface area contributed by atoms with Crippen molar-refractivity contribution in [2.75, 3.05) is 13.6 Å². The van der Waals surface area contributed by atoms with Crippen molar-refractivity contribution in [3.63, 3.8) is 0 Å². The zero-order valence-corrected chi connectivity index (χ0v) is 9.46. The van der Waals surface area contributed by atoms with Crippen molar-refractivity contribution in [1.29, 1.82) is 0 Å². The highest BCUT2D eigenvalue weighted by Crippen LogP contribution is 2.18. The summed E-state index contributed by atoms with van der Waals surface area (Å²) in [4.78, 5) is 11.7. The lowest BCUT2D eigenvalue weighted by Gasteiger charge is -2.26. The van der Waals surface area contributed by atoms with Crippen LogP contribution in [0.2, 0.25) is 0 Å². The Morgan fingerprint density at radius 1 is 1.50 bits per heavy atom. The topological polar surface area (TPSA) is 41.6 Å². The van der Waals surface area contributed by atoms with Crippen LogP contribution in [-0.2, 0) is 9.53 Å². The zero-order chi connectivity index (χ0) is 10.8. The van der Waals surface area contributed by atoms with E-state index in [1.54, 1.807) is 0 Å². The molecule has 0 bridgehead atoms. The van der Waals surface area contributed by atoms with E-state index in [2.05, 4.69) is 5.43 Å². The van der Waals surface area contributed by atoms with Gasteiger partial charge in [0.2, 0.25) is 0 Å². The summed E-state index contributed by atoms with van der Waals surface area (Å²) < 4.78 is 5.33. The van der Waals surface area contributed by atoms with Gasteiger partial charge in [-0.3, -0.25) is 10.2 Å². The van der Waals surface area contributed by atoms with Gasteiger partial charge in [0.05, 0.1) is 0 Å². The lowest BCUT2D eigenvalue weighted by molar-refractivity contribution is -0.161. The number of nitrogens with one attached hydrogen (secondary N) is 1. The van der Waals surface area contributed by atoms with E-state index in [1.807, 2.05) is 32.8 Å². The molecule has 1 N–H and O–H groups in total. The molecule has 0 spiro atoms. The molecule has 0 aromatic heterocycles. The van der Waals surface area contributed by atoms with Gasteiger partial charge in [-0.05, 0) is 40.7 Å². The maximum absolute atomic E-state index is 11.7. The summed E-state index contributed by atoms with van der Waals surface area (Å²) >= 11 is 0. The molecule has 14 heavy (non-hydrogen) atoms. The van der Waals surface area contributed by atoms with E-state index in [0.29, 0.717) is 0 Å². The summed E-state index contributed by atoms with van der Waals surface area (Å²) in [6.45, 7) is 6.59. The van der Waals surface area contributed by atoms with Crippen LogP contribution in [0.1, 0.15) is 33.6 Å². The first kappa shape index (κ1) is 11.5. The van der Waals surface area contributed by atoms with Crippen molar-refractivity contribution < 1.29 is 9.53 Å². The van der Waals surface area contributed by atoms with Crippen molar-refractivity contribution in [1.82, 2.24) is 10.4 Å². The minimum Gasteiger partial charge on any atom is -0.459 e. The van der Waals surface area contributed by atoms with Gasteiger partial charge < -0.3 is 4.74 Å². The van der Waals surface area contributed by atoms with E-state index < -0.39 is 0 Å². The van der Waals surface area contributed by atoms with Crippen LogP contribution in [0.25, 0.3) is 0 Å². The molecular weight excluding hydrogens is 180 g/mol. The van der Waals surface area contributed by atoms with Gasteiger partial charge in [-0.1, -0.05) is 0 Å². The first-order valence-corrected chi connectivity index (χ1v) is 5.11. The quantitative estimate of drug-likeness (QED) is 0.673. The van der Waals surface area contributed by atoms with E-state index in [4.69, 9.17) is 4.74 Å². The molecule has 1 atom stereocenters. The fourth-order valence-corrected chi connectivity index (χ4v) is 1.65. The maximum Gasteiger partial charge on any atom is 0.325 e. The molecule has 1 aliphatic heterocycles. The van der Waals surface area contributed by atoms with E-state index in [1.165, 1.54) is 0 Å². The number of ether oxygens (including phenoxy) is 1. The fourth-order valence-electron chi connectivity index (χ4n) is 1.65. The Morgan fingerprint density at radius 3 is 2.64 bits per heavy atom. The monoisotopic (exact) mass is 200 g/mol. The largest absolute Gasteiger partial charge is 0.459 e. The number of hydrogen-bond donors (Lipinski definition) is 1. The minimum absolute atomic E-state index is 0.112. The lowest BCUT2D eigenvalue weighted by Crippen LogP contribution is -2.45. The van der Waals surface area contributed by atoms with Gasteiger partial charge >= 0.3 is 5.97 Å². The molecule has 0 aromatic carbocycles. The van der Waals surface area contributed by atoms with Crippen LogP contribution in [0.5, 0.6) is 0 Å². The number of carbonyl (C=O) groups is 1. The van der Waals surface area contributed by atoms with E-state index in [9.17, 15) is 4.79 Å². The SMILES string of the molecule is CNN1CCCC1C(=O)OC(C)(C)C. The summed E-state index contributed by atoms with van der Waals surface area (Å²) in [7, 11) is 1.84. The molecule has 1 unspecified atom stereocenters. The molecule has 1 saturated heterocycles. The highest BCUT2D eigenvalue weighted by Gasteiger charge is 2.33. The van der Waals surface area contributed by atoms with E-state index >= 15 is 0 Å². The molecule has 0 aromatic rings. The third-order valence-corrected chi connectivity index (χ3v) is 2.22. The van der Waals surface area contributed by atoms with Gasteiger partial charge in [0.25, 0.3) is 0 Å². The normalized spacial score (nSPS) is 23.9. The molecular formula is C10H20N2O2. The second-order valence-corrected chi connectivity index (χ2v) is 4.61. The third-order valence-electron chi connectivity index (χ3n) is 2.22. The van der Waals surface area contributed by atoms with Gasteiger partial charge in [0.15, 0.2) is 0 Å². The number of hydrazine groups is 1. The Balaban J connectivity index is 2.52. The van der Waals surface area contributed by atoms with Crippen molar-refractivity contribution in [2.24, 2.45) is 0 Å². The average Bonchev–Trinajstić information content (AvgIpc) is 2.47. The van der Waals surface area contributed by atoms with E-state index in [-0.39, 0.29) is 17.6 Å². The van der Waals surface area contributed by atoms with Crippen molar-refractivity contribution in [3.8, 4) is 0 Å². The van der Waals surface area contributed by atoms with Gasteiger partial charge in [0.1, 0.15) is 11.6 Å². The molecule has 0 saturated carbocycles. The van der Waals surface area contributed by atoms with Crippen LogP contribution in [0.3, 0.4) is 0 Å². The third kappa shape index (κ3) is 2.96. The Labute approximate surface area is 85.6 Å². The molecule has 4 heteroatoms. The molecule has 1 rings (SSSR count). The van der Waals surface area contributed by atoms with Gasteiger partial charge in [-0.15, -0.1) is 0 Å². The molecule has 1 heterocycles. The molecule has 1 fully saturated rings. The first-order chi connectivity index (χ1) is 6.44. The molecule has 82 valence electrons. The van der Waals surface area contributed by atoms with Crippen molar-refractivity contribution >= 4 is 5.97 Å². The zero-order valence-electron chi connectivity index (χ0n) is 9.46. The average molecular weight is 200 g/mol. The van der Waals surface area contributed by atoms with Gasteiger partial charge in [0, 0.05) is 6.54 Å². The van der Waals surface area contributed by atoms with Crippen molar-refractivity contribution in [2.45, 2.75) is 45.3 Å². The van der Waals surface area contributed by atoms with Crippen LogP contribution < -0.4 is 5.43 Å². The standard InChI is InChI=1S/C10H20N2O2/c1-10(2,3)14-9(13)8-6-5-7-12(8)11-4/h8,11H,5-7H2,1-4H3. The first-order valence-electron chi connectivity index (χ1n) is 5.11. The van der Waals surface area contributed by atoms with E-state index in [0.717, 1.165) is 19.4 Å². The summed E-state index contributed by atoms with van der Waals surface area (Å²) in [6.07, 6.45) is 1.93. The molecule has 4 nitrogen and oxygen atoms in total. The van der Waals surface area contributed by atoms with Crippen molar-refractivity contribution in [3.05, 3.63) is 0 Å². The lowest BCUT2D eigenvalue weighted by atomic mass is 10.2. The number of rotatable bonds is 2. The summed E-state index contributed by atoms with van der Waals surface area (Å²) in [5.74, 6) is -0.121. The summed E-state index contributed by atoms with van der Waals surface area (Å²) in [5, 5.41) is 1.94. The summed E-state index contributed by atoms with van der Waals surface area (Å²) in [6, 6.07) is -0.112. The van der Waals surface area contributed by atoms with Crippen LogP contribution in [-0.4, -0.2) is 36.2 Å². The van der Waals surface area contributed by atoms with Gasteiger partial charge in [-0.2, -0.15) is 0 Å². The van der Waals surface area contributed by atoms with Gasteiger partial charge in [-0.25, -0.2) is 5.01 Å². The Bertz CT molecular complexity index is 211. The number of hydrogen-bond acceptors (Lipinski definition) is 4. The predicted octanol–water partition coefficient (Wildman–Crippen LogP) is 0.927. The Kier molecular flexibility index (Phi) is 3.50. The number of esters is 1. The molecule has 0 aliphatic carbocycles. The number of nitrogens with zero attached hydrogens (tertiary/aromatic N) is 1. The number of carbonyl (C=O) groups excluding carboxylic acids is 1. The second-order valence-electron chi connectivity index (χ2n) is 4.61. The Morgan fingerprint density at radius 2 is 2.14 bits per heavy atom. The highest BCUT2D eigenvalue weighted by molar-refractivity contribution is 5.76. The van der Waals surface area contributed by atoms with Crippen LogP contribution >= 0.6 is 0 Å². The smallest absolute Gasteiger partial charge is 0.325 e. The molecule has 0 amide bonds. The van der Waals surface area contributed by atoms with Crippen LogP contribution in [0, 0.1) is 0 Å². The Hall–Kier alpha value is -0.610. The predicted molar refractivity (Wildman–Crippen MR) is 54.6 cm³/mol. The highest BCUT2D eigenvalue weighted by atomic mass is 16.6. The minimum atomic E-state index is -0.390. The molecule has 1 aliphatic rings. The fraction of sp³-hybridized carbons (Fsp3) is 0.900. The van der Waals surface area contributed by atoms with Crippen LogP contribution in [0.15, 0.2) is 0 Å². The maximum atomic E-state index is 11.7. The molecule has 0 radical (unpaired) electrons. The summed E-state index contributed by atoms with van der Waals surface area (Å²) in [5.41, 5.74) is 2.62.